The molecule has 0 bridgehead atoms. The van der Waals surface area contributed by atoms with E-state index in [1.54, 1.807) is 20.8 Å². The maximum atomic E-state index is 11.8. The predicted octanol–water partition coefficient (Wildman–Crippen LogP) is 0.374. The summed E-state index contributed by atoms with van der Waals surface area (Å²) in [5.74, 6) is -1.91. The molecule has 2 amide bonds. The van der Waals surface area contributed by atoms with Crippen LogP contribution in [0.2, 0.25) is 0 Å². The lowest BCUT2D eigenvalue weighted by Crippen LogP contribution is -2.49. The standard InChI is InChI=1S/C11H20N2O6/c1-11(2,3)19-10(17)12-7(6-8(14)15)9(16)13(4)18-5/h7H,6H2,1-5H3,(H,12,17)(H,14,15)/t7-/m0/s1. The summed E-state index contributed by atoms with van der Waals surface area (Å²) in [6.07, 6.45) is -1.43. The van der Waals surface area contributed by atoms with Gasteiger partial charge in [0.25, 0.3) is 5.91 Å². The molecule has 0 aromatic heterocycles. The highest BCUT2D eigenvalue weighted by atomic mass is 16.7. The van der Waals surface area contributed by atoms with E-state index in [0.717, 1.165) is 5.06 Å². The molecule has 8 nitrogen and oxygen atoms in total. The largest absolute Gasteiger partial charge is 0.481 e. The lowest BCUT2D eigenvalue weighted by Gasteiger charge is -2.24. The van der Waals surface area contributed by atoms with Crippen LogP contribution in [0.1, 0.15) is 27.2 Å². The number of rotatable bonds is 5. The third-order valence-electron chi connectivity index (χ3n) is 1.95. The molecule has 0 aliphatic heterocycles. The summed E-state index contributed by atoms with van der Waals surface area (Å²) in [6, 6.07) is -1.25. The number of aliphatic carboxylic acids is 1. The number of hydrogen-bond donors (Lipinski definition) is 2. The highest BCUT2D eigenvalue weighted by Crippen LogP contribution is 2.08. The van der Waals surface area contributed by atoms with Crippen LogP contribution < -0.4 is 5.32 Å². The molecular formula is C11H20N2O6. The summed E-state index contributed by atoms with van der Waals surface area (Å²) in [5, 5.41) is 11.8. The first kappa shape index (κ1) is 17.2. The monoisotopic (exact) mass is 276 g/mol. The summed E-state index contributed by atoms with van der Waals surface area (Å²) >= 11 is 0. The van der Waals surface area contributed by atoms with Crippen LogP contribution in [0.4, 0.5) is 4.79 Å². The summed E-state index contributed by atoms with van der Waals surface area (Å²) in [5.41, 5.74) is -0.742. The minimum Gasteiger partial charge on any atom is -0.481 e. The number of likely N-dealkylation sites (N-methyl/N-ethyl adjacent to an activating group) is 1. The first-order valence-electron chi connectivity index (χ1n) is 5.60. The molecule has 0 heterocycles. The highest BCUT2D eigenvalue weighted by Gasteiger charge is 2.28. The van der Waals surface area contributed by atoms with E-state index in [1.165, 1.54) is 14.2 Å². The lowest BCUT2D eigenvalue weighted by molar-refractivity contribution is -0.172. The molecule has 0 saturated carbocycles. The lowest BCUT2D eigenvalue weighted by atomic mass is 10.2. The van der Waals surface area contributed by atoms with E-state index in [2.05, 4.69) is 10.2 Å². The molecule has 19 heavy (non-hydrogen) atoms. The minimum atomic E-state index is -1.25. The molecule has 0 aliphatic rings. The van der Waals surface area contributed by atoms with Crippen LogP contribution in [0, 0.1) is 0 Å². The summed E-state index contributed by atoms with van der Waals surface area (Å²) in [4.78, 5) is 38.7. The molecule has 0 unspecified atom stereocenters. The molecule has 0 spiro atoms. The first-order valence-corrected chi connectivity index (χ1v) is 5.60. The van der Waals surface area contributed by atoms with Gasteiger partial charge in [-0.25, -0.2) is 9.86 Å². The Morgan fingerprint density at radius 3 is 2.21 bits per heavy atom. The van der Waals surface area contributed by atoms with Gasteiger partial charge in [-0.3, -0.25) is 14.4 Å². The number of carboxylic acid groups (broad SMARTS) is 1. The van der Waals surface area contributed by atoms with E-state index < -0.39 is 36.0 Å². The van der Waals surface area contributed by atoms with Crippen LogP contribution in [0.5, 0.6) is 0 Å². The van der Waals surface area contributed by atoms with E-state index in [0.29, 0.717) is 0 Å². The van der Waals surface area contributed by atoms with Gasteiger partial charge >= 0.3 is 12.1 Å². The van der Waals surface area contributed by atoms with Crippen LogP contribution in [0.25, 0.3) is 0 Å². The summed E-state index contributed by atoms with van der Waals surface area (Å²) in [7, 11) is 2.57. The smallest absolute Gasteiger partial charge is 0.408 e. The van der Waals surface area contributed by atoms with E-state index in [4.69, 9.17) is 9.84 Å². The Morgan fingerprint density at radius 2 is 1.84 bits per heavy atom. The number of carbonyl (C=O) groups excluding carboxylic acids is 2. The van der Waals surface area contributed by atoms with E-state index >= 15 is 0 Å². The second-order valence-electron chi connectivity index (χ2n) is 4.81. The molecule has 0 rings (SSSR count). The third kappa shape index (κ3) is 7.24. The fourth-order valence-electron chi connectivity index (χ4n) is 1.13. The Bertz CT molecular complexity index is 350. The van der Waals surface area contributed by atoms with Crippen LogP contribution in [0.15, 0.2) is 0 Å². The number of nitrogens with one attached hydrogen (secondary N) is 1. The minimum absolute atomic E-state index is 0.564. The molecule has 8 heteroatoms. The Balaban J connectivity index is 4.73. The average molecular weight is 276 g/mol. The highest BCUT2D eigenvalue weighted by molar-refractivity contribution is 5.88. The van der Waals surface area contributed by atoms with Crippen molar-refractivity contribution < 1.29 is 29.1 Å². The maximum absolute atomic E-state index is 11.8. The Morgan fingerprint density at radius 1 is 1.32 bits per heavy atom. The number of ether oxygens (including phenoxy) is 1. The predicted molar refractivity (Wildman–Crippen MR) is 65.2 cm³/mol. The second kappa shape index (κ2) is 6.93. The maximum Gasteiger partial charge on any atom is 0.408 e. The van der Waals surface area contributed by atoms with E-state index in [1.807, 2.05) is 0 Å². The van der Waals surface area contributed by atoms with Crippen molar-refractivity contribution in [3.05, 3.63) is 0 Å². The van der Waals surface area contributed by atoms with Gasteiger partial charge in [-0.1, -0.05) is 0 Å². The van der Waals surface area contributed by atoms with Crippen LogP contribution in [-0.4, -0.2) is 53.9 Å². The molecule has 0 fully saturated rings. The normalized spacial score (nSPS) is 12.5. The Kier molecular flexibility index (Phi) is 6.26. The SMILES string of the molecule is CON(C)C(=O)[C@H](CC(=O)O)NC(=O)OC(C)(C)C. The number of hydrogen-bond acceptors (Lipinski definition) is 5. The number of alkyl carbamates (subject to hydrolysis) is 1. The zero-order valence-electron chi connectivity index (χ0n) is 11.7. The molecular weight excluding hydrogens is 256 g/mol. The van der Waals surface area contributed by atoms with Crippen molar-refractivity contribution in [1.82, 2.24) is 10.4 Å². The van der Waals surface area contributed by atoms with Crippen molar-refractivity contribution >= 4 is 18.0 Å². The number of carboxylic acids is 1. The summed E-state index contributed by atoms with van der Waals surface area (Å²) < 4.78 is 4.96. The van der Waals surface area contributed by atoms with Gasteiger partial charge in [-0.05, 0) is 20.8 Å². The molecule has 0 aliphatic carbocycles. The van der Waals surface area contributed by atoms with Crippen molar-refractivity contribution in [1.29, 1.82) is 0 Å². The van der Waals surface area contributed by atoms with Crippen molar-refractivity contribution in [2.75, 3.05) is 14.2 Å². The zero-order chi connectivity index (χ0) is 15.2. The average Bonchev–Trinajstić information content (AvgIpc) is 2.22. The molecule has 0 aromatic rings. The van der Waals surface area contributed by atoms with Crippen molar-refractivity contribution in [2.24, 2.45) is 0 Å². The van der Waals surface area contributed by atoms with Crippen LogP contribution >= 0.6 is 0 Å². The summed E-state index contributed by atoms with van der Waals surface area (Å²) in [6.45, 7) is 4.96. The zero-order valence-corrected chi connectivity index (χ0v) is 11.7. The Hall–Kier alpha value is -1.83. The third-order valence-corrected chi connectivity index (χ3v) is 1.95. The van der Waals surface area contributed by atoms with Gasteiger partial charge in [0, 0.05) is 7.05 Å². The van der Waals surface area contributed by atoms with Gasteiger partial charge in [-0.15, -0.1) is 0 Å². The number of hydroxylamine groups is 2. The number of carbonyl (C=O) groups is 3. The fourth-order valence-corrected chi connectivity index (χ4v) is 1.13. The first-order chi connectivity index (χ1) is 8.56. The van der Waals surface area contributed by atoms with Gasteiger partial charge in [0.15, 0.2) is 0 Å². The van der Waals surface area contributed by atoms with Gasteiger partial charge in [-0.2, -0.15) is 0 Å². The van der Waals surface area contributed by atoms with Gasteiger partial charge in [0.2, 0.25) is 0 Å². The fraction of sp³-hybridized carbons (Fsp3) is 0.727. The number of amides is 2. The van der Waals surface area contributed by atoms with Gasteiger partial charge < -0.3 is 15.2 Å². The number of nitrogens with zero attached hydrogens (tertiary/aromatic N) is 1. The molecule has 110 valence electrons. The second-order valence-corrected chi connectivity index (χ2v) is 4.81. The molecule has 0 radical (unpaired) electrons. The van der Waals surface area contributed by atoms with Crippen LogP contribution in [-0.2, 0) is 19.2 Å². The quantitative estimate of drug-likeness (QED) is 0.703. The van der Waals surface area contributed by atoms with Crippen molar-refractivity contribution in [3.8, 4) is 0 Å². The topological polar surface area (TPSA) is 105 Å². The van der Waals surface area contributed by atoms with Crippen molar-refractivity contribution in [2.45, 2.75) is 38.8 Å². The van der Waals surface area contributed by atoms with Gasteiger partial charge in [0.05, 0.1) is 13.5 Å². The Labute approximate surface area is 111 Å². The molecule has 0 saturated heterocycles. The van der Waals surface area contributed by atoms with E-state index in [-0.39, 0.29) is 0 Å². The van der Waals surface area contributed by atoms with Crippen molar-refractivity contribution in [3.63, 3.8) is 0 Å². The van der Waals surface area contributed by atoms with E-state index in [9.17, 15) is 14.4 Å². The van der Waals surface area contributed by atoms with Crippen LogP contribution in [0.3, 0.4) is 0 Å². The molecule has 1 atom stereocenters. The van der Waals surface area contributed by atoms with Gasteiger partial charge in [0.1, 0.15) is 11.6 Å². The molecule has 2 N–H and O–H groups in total. The molecule has 0 aromatic carbocycles.